The molecule has 0 amide bonds. The molecule has 2 heteroatoms. The Labute approximate surface area is 83.0 Å². The number of rotatable bonds is 2. The summed E-state index contributed by atoms with van der Waals surface area (Å²) in [5, 5.41) is 1.13. The Morgan fingerprint density at radius 2 is 2.21 bits per heavy atom. The van der Waals surface area contributed by atoms with Crippen molar-refractivity contribution in [2.24, 2.45) is 5.73 Å². The topological polar surface area (TPSA) is 39.2 Å². The van der Waals surface area contributed by atoms with Crippen molar-refractivity contribution in [3.63, 3.8) is 0 Å². The molecule has 0 fully saturated rings. The van der Waals surface area contributed by atoms with Crippen molar-refractivity contribution < 1.29 is 4.42 Å². The quantitative estimate of drug-likeness (QED) is 0.785. The minimum absolute atomic E-state index is 0.545. The zero-order valence-electron chi connectivity index (χ0n) is 8.16. The SMILES string of the molecule is C/C(=C\CN)c1cc2ccccc2o1. The zero-order valence-corrected chi connectivity index (χ0v) is 8.16. The number of allylic oxidation sites excluding steroid dienone is 1. The lowest BCUT2D eigenvalue weighted by atomic mass is 10.2. The highest BCUT2D eigenvalue weighted by Gasteiger charge is 2.03. The highest BCUT2D eigenvalue weighted by Crippen LogP contribution is 2.23. The van der Waals surface area contributed by atoms with Crippen molar-refractivity contribution in [3.05, 3.63) is 42.2 Å². The molecule has 0 radical (unpaired) electrons. The van der Waals surface area contributed by atoms with Crippen LogP contribution in [0.2, 0.25) is 0 Å². The smallest absolute Gasteiger partial charge is 0.134 e. The van der Waals surface area contributed by atoms with Crippen LogP contribution in [0.4, 0.5) is 0 Å². The van der Waals surface area contributed by atoms with Crippen LogP contribution in [-0.4, -0.2) is 6.54 Å². The van der Waals surface area contributed by atoms with Crippen molar-refractivity contribution >= 4 is 16.5 Å². The van der Waals surface area contributed by atoms with Crippen LogP contribution < -0.4 is 5.73 Å². The molecule has 0 saturated heterocycles. The van der Waals surface area contributed by atoms with Crippen LogP contribution in [0.25, 0.3) is 16.5 Å². The monoisotopic (exact) mass is 187 g/mol. The van der Waals surface area contributed by atoms with Crippen molar-refractivity contribution in [2.45, 2.75) is 6.92 Å². The summed E-state index contributed by atoms with van der Waals surface area (Å²) in [5.41, 5.74) is 7.45. The minimum Gasteiger partial charge on any atom is -0.456 e. The lowest BCUT2D eigenvalue weighted by Crippen LogP contribution is -1.93. The Hall–Kier alpha value is -1.54. The van der Waals surface area contributed by atoms with E-state index >= 15 is 0 Å². The number of benzene rings is 1. The second kappa shape index (κ2) is 3.68. The predicted molar refractivity (Wildman–Crippen MR) is 58.9 cm³/mol. The van der Waals surface area contributed by atoms with Gasteiger partial charge in [-0.3, -0.25) is 0 Å². The lowest BCUT2D eigenvalue weighted by Gasteiger charge is -1.92. The molecule has 14 heavy (non-hydrogen) atoms. The summed E-state index contributed by atoms with van der Waals surface area (Å²) in [5.74, 6) is 0.900. The van der Waals surface area contributed by atoms with Crippen LogP contribution in [0.3, 0.4) is 0 Å². The van der Waals surface area contributed by atoms with Crippen molar-refractivity contribution in [2.75, 3.05) is 6.54 Å². The van der Waals surface area contributed by atoms with E-state index in [1.54, 1.807) is 0 Å². The number of para-hydroxylation sites is 1. The van der Waals surface area contributed by atoms with Gasteiger partial charge in [-0.25, -0.2) is 0 Å². The fraction of sp³-hybridized carbons (Fsp3) is 0.167. The van der Waals surface area contributed by atoms with E-state index in [9.17, 15) is 0 Å². The highest BCUT2D eigenvalue weighted by atomic mass is 16.3. The van der Waals surface area contributed by atoms with Crippen LogP contribution in [0.1, 0.15) is 12.7 Å². The minimum atomic E-state index is 0.545. The molecule has 1 aromatic carbocycles. The highest BCUT2D eigenvalue weighted by molar-refractivity contribution is 5.81. The molecule has 2 N–H and O–H groups in total. The number of hydrogen-bond acceptors (Lipinski definition) is 2. The molecule has 1 aromatic heterocycles. The molecule has 2 nitrogen and oxygen atoms in total. The summed E-state index contributed by atoms with van der Waals surface area (Å²) < 4.78 is 5.66. The van der Waals surface area contributed by atoms with E-state index in [1.807, 2.05) is 43.3 Å². The van der Waals surface area contributed by atoms with Crippen LogP contribution in [0, 0.1) is 0 Å². The Bertz CT molecular complexity index is 435. The average molecular weight is 187 g/mol. The number of fused-ring (bicyclic) bond motifs is 1. The summed E-state index contributed by atoms with van der Waals surface area (Å²) in [6, 6.07) is 10.0. The standard InChI is InChI=1S/C12H13NO/c1-9(6-7-13)12-8-10-4-2-3-5-11(10)14-12/h2-6,8H,7,13H2,1H3/b9-6+. The molecule has 0 saturated carbocycles. The van der Waals surface area contributed by atoms with E-state index < -0.39 is 0 Å². The van der Waals surface area contributed by atoms with Crippen molar-refractivity contribution in [1.82, 2.24) is 0 Å². The van der Waals surface area contributed by atoms with Gasteiger partial charge in [0, 0.05) is 11.9 Å². The Morgan fingerprint density at radius 3 is 2.93 bits per heavy atom. The molecule has 0 bridgehead atoms. The van der Waals surface area contributed by atoms with Crippen LogP contribution >= 0.6 is 0 Å². The van der Waals surface area contributed by atoms with Gasteiger partial charge < -0.3 is 10.2 Å². The van der Waals surface area contributed by atoms with Crippen LogP contribution in [0.15, 0.2) is 40.8 Å². The molecule has 0 spiro atoms. The molecule has 1 heterocycles. The number of hydrogen-bond donors (Lipinski definition) is 1. The first-order chi connectivity index (χ1) is 6.81. The van der Waals surface area contributed by atoms with E-state index in [1.165, 1.54) is 0 Å². The van der Waals surface area contributed by atoms with Crippen LogP contribution in [-0.2, 0) is 0 Å². The molecule has 72 valence electrons. The summed E-state index contributed by atoms with van der Waals surface area (Å²) in [4.78, 5) is 0. The summed E-state index contributed by atoms with van der Waals surface area (Å²) in [6.07, 6.45) is 1.96. The van der Waals surface area contributed by atoms with Gasteiger partial charge in [-0.05, 0) is 24.6 Å². The molecule has 0 atom stereocenters. The third-order valence-electron chi connectivity index (χ3n) is 2.24. The Morgan fingerprint density at radius 1 is 1.43 bits per heavy atom. The van der Waals surface area contributed by atoms with E-state index in [-0.39, 0.29) is 0 Å². The van der Waals surface area contributed by atoms with Crippen LogP contribution in [0.5, 0.6) is 0 Å². The Balaban J connectivity index is 2.50. The van der Waals surface area contributed by atoms with Gasteiger partial charge in [0.05, 0.1) is 0 Å². The fourth-order valence-electron chi connectivity index (χ4n) is 1.45. The predicted octanol–water partition coefficient (Wildman–Crippen LogP) is 2.79. The number of nitrogens with two attached hydrogens (primary N) is 1. The van der Waals surface area contributed by atoms with E-state index in [0.29, 0.717) is 6.54 Å². The largest absolute Gasteiger partial charge is 0.456 e. The van der Waals surface area contributed by atoms with Gasteiger partial charge in [0.25, 0.3) is 0 Å². The molecule has 0 aliphatic rings. The number of furan rings is 1. The second-order valence-corrected chi connectivity index (χ2v) is 3.27. The van der Waals surface area contributed by atoms with Crippen molar-refractivity contribution in [1.29, 1.82) is 0 Å². The van der Waals surface area contributed by atoms with Gasteiger partial charge in [0.15, 0.2) is 0 Å². The maximum absolute atomic E-state index is 5.66. The summed E-state index contributed by atoms with van der Waals surface area (Å²) in [6.45, 7) is 2.55. The van der Waals surface area contributed by atoms with Gasteiger partial charge >= 0.3 is 0 Å². The Kier molecular flexibility index (Phi) is 2.37. The molecule has 2 aromatic rings. The third-order valence-corrected chi connectivity index (χ3v) is 2.24. The van der Waals surface area contributed by atoms with Crippen molar-refractivity contribution in [3.8, 4) is 0 Å². The fourth-order valence-corrected chi connectivity index (χ4v) is 1.45. The maximum Gasteiger partial charge on any atom is 0.134 e. The molecular formula is C12H13NO. The van der Waals surface area contributed by atoms with Gasteiger partial charge in [0.2, 0.25) is 0 Å². The first-order valence-corrected chi connectivity index (χ1v) is 4.67. The van der Waals surface area contributed by atoms with E-state index in [0.717, 1.165) is 22.3 Å². The second-order valence-electron chi connectivity index (χ2n) is 3.27. The summed E-state index contributed by atoms with van der Waals surface area (Å²) in [7, 11) is 0. The molecule has 2 rings (SSSR count). The lowest BCUT2D eigenvalue weighted by molar-refractivity contribution is 0.599. The van der Waals surface area contributed by atoms with E-state index in [2.05, 4.69) is 0 Å². The van der Waals surface area contributed by atoms with Gasteiger partial charge in [-0.2, -0.15) is 0 Å². The normalized spacial score (nSPS) is 12.3. The van der Waals surface area contributed by atoms with Gasteiger partial charge in [0.1, 0.15) is 11.3 Å². The average Bonchev–Trinajstić information content (AvgIpc) is 2.61. The first kappa shape index (κ1) is 9.03. The third kappa shape index (κ3) is 1.56. The van der Waals surface area contributed by atoms with Gasteiger partial charge in [-0.1, -0.05) is 24.3 Å². The maximum atomic E-state index is 5.66. The first-order valence-electron chi connectivity index (χ1n) is 4.67. The van der Waals surface area contributed by atoms with Gasteiger partial charge in [-0.15, -0.1) is 0 Å². The summed E-state index contributed by atoms with van der Waals surface area (Å²) >= 11 is 0. The molecular weight excluding hydrogens is 174 g/mol. The van der Waals surface area contributed by atoms with E-state index in [4.69, 9.17) is 10.2 Å². The molecule has 0 aliphatic carbocycles. The molecule has 0 unspecified atom stereocenters. The molecule has 0 aliphatic heterocycles. The zero-order chi connectivity index (χ0) is 9.97.